The lowest BCUT2D eigenvalue weighted by Gasteiger charge is -2.30. The van der Waals surface area contributed by atoms with Crippen molar-refractivity contribution in [1.82, 2.24) is 0 Å². The van der Waals surface area contributed by atoms with Crippen LogP contribution in [-0.4, -0.2) is 5.11 Å². The predicted octanol–water partition coefficient (Wildman–Crippen LogP) is 4.31. The number of aliphatic hydroxyl groups is 1. The Morgan fingerprint density at radius 2 is 2.06 bits per heavy atom. The molecule has 0 aliphatic heterocycles. The molecule has 1 aliphatic rings. The van der Waals surface area contributed by atoms with Gasteiger partial charge in [-0.25, -0.2) is 0 Å². The van der Waals surface area contributed by atoms with Crippen LogP contribution >= 0.6 is 11.3 Å². The minimum atomic E-state index is -0.220. The third kappa shape index (κ3) is 2.67. The van der Waals surface area contributed by atoms with Crippen LogP contribution in [0.2, 0.25) is 0 Å². The Kier molecular flexibility index (Phi) is 4.04. The summed E-state index contributed by atoms with van der Waals surface area (Å²) in [5.74, 6) is 1.41. The van der Waals surface area contributed by atoms with Crippen LogP contribution in [-0.2, 0) is 0 Å². The molecule has 0 spiro atoms. The van der Waals surface area contributed by atoms with Gasteiger partial charge in [-0.2, -0.15) is 0 Å². The highest BCUT2D eigenvalue weighted by Crippen LogP contribution is 2.38. The van der Waals surface area contributed by atoms with Crippen molar-refractivity contribution in [1.29, 1.82) is 0 Å². The molecule has 1 nitrogen and oxygen atoms in total. The Bertz CT molecular complexity index is 323. The summed E-state index contributed by atoms with van der Waals surface area (Å²) >= 11 is 1.74. The first-order chi connectivity index (χ1) is 7.70. The smallest absolute Gasteiger partial charge is 0.0826 e. The average molecular weight is 238 g/mol. The number of hydrogen-bond donors (Lipinski definition) is 1. The number of hydrogen-bond acceptors (Lipinski definition) is 2. The number of aliphatic hydroxyl groups excluding tert-OH is 1. The molecule has 0 aromatic carbocycles. The lowest BCUT2D eigenvalue weighted by atomic mass is 9.77. The second kappa shape index (κ2) is 5.33. The monoisotopic (exact) mass is 238 g/mol. The SMILES string of the molecule is CCC1CCC(C(O)c2csc(C)c2)CC1. The van der Waals surface area contributed by atoms with Crippen molar-refractivity contribution in [3.63, 3.8) is 0 Å². The van der Waals surface area contributed by atoms with Crippen molar-refractivity contribution in [2.24, 2.45) is 11.8 Å². The second-order valence-corrected chi connectivity index (χ2v) is 6.24. The van der Waals surface area contributed by atoms with E-state index >= 15 is 0 Å². The molecule has 1 fully saturated rings. The van der Waals surface area contributed by atoms with E-state index in [1.165, 1.54) is 37.0 Å². The van der Waals surface area contributed by atoms with Crippen LogP contribution in [0.4, 0.5) is 0 Å². The summed E-state index contributed by atoms with van der Waals surface area (Å²) < 4.78 is 0. The quantitative estimate of drug-likeness (QED) is 0.832. The highest BCUT2D eigenvalue weighted by molar-refractivity contribution is 7.10. The number of rotatable bonds is 3. The Hall–Kier alpha value is -0.340. The van der Waals surface area contributed by atoms with E-state index in [1.54, 1.807) is 11.3 Å². The molecule has 1 aromatic rings. The first kappa shape index (κ1) is 12.1. The fourth-order valence-corrected chi connectivity index (χ4v) is 3.54. The second-order valence-electron chi connectivity index (χ2n) is 5.12. The van der Waals surface area contributed by atoms with Crippen molar-refractivity contribution in [2.75, 3.05) is 0 Å². The van der Waals surface area contributed by atoms with Gasteiger partial charge in [0.2, 0.25) is 0 Å². The number of thiophene rings is 1. The van der Waals surface area contributed by atoms with Gasteiger partial charge in [-0.05, 0) is 48.6 Å². The molecule has 1 N–H and O–H groups in total. The van der Waals surface area contributed by atoms with Crippen molar-refractivity contribution in [3.05, 3.63) is 21.9 Å². The highest BCUT2D eigenvalue weighted by Gasteiger charge is 2.26. The van der Waals surface area contributed by atoms with Crippen LogP contribution < -0.4 is 0 Å². The van der Waals surface area contributed by atoms with E-state index in [4.69, 9.17) is 0 Å². The van der Waals surface area contributed by atoms with E-state index in [2.05, 4.69) is 25.3 Å². The Morgan fingerprint density at radius 1 is 1.38 bits per heavy atom. The molecular formula is C14H22OS. The maximum absolute atomic E-state index is 10.3. The molecule has 1 atom stereocenters. The maximum Gasteiger partial charge on any atom is 0.0826 e. The lowest BCUT2D eigenvalue weighted by Crippen LogP contribution is -2.19. The zero-order valence-electron chi connectivity index (χ0n) is 10.3. The predicted molar refractivity (Wildman–Crippen MR) is 69.8 cm³/mol. The zero-order valence-corrected chi connectivity index (χ0v) is 11.1. The van der Waals surface area contributed by atoms with Gasteiger partial charge in [0.05, 0.1) is 6.10 Å². The summed E-state index contributed by atoms with van der Waals surface area (Å²) in [6.45, 7) is 4.39. The van der Waals surface area contributed by atoms with Crippen molar-refractivity contribution < 1.29 is 5.11 Å². The van der Waals surface area contributed by atoms with Crippen molar-refractivity contribution in [2.45, 2.75) is 52.1 Å². The summed E-state index contributed by atoms with van der Waals surface area (Å²) in [6, 6.07) is 2.14. The largest absolute Gasteiger partial charge is 0.388 e. The van der Waals surface area contributed by atoms with Crippen LogP contribution in [0.25, 0.3) is 0 Å². The first-order valence-corrected chi connectivity index (χ1v) is 7.31. The summed E-state index contributed by atoms with van der Waals surface area (Å²) in [4.78, 5) is 1.30. The molecule has 1 aliphatic carbocycles. The molecule has 16 heavy (non-hydrogen) atoms. The van der Waals surface area contributed by atoms with E-state index in [-0.39, 0.29) is 6.10 Å². The lowest BCUT2D eigenvalue weighted by molar-refractivity contribution is 0.0732. The molecule has 0 amide bonds. The highest BCUT2D eigenvalue weighted by atomic mass is 32.1. The van der Waals surface area contributed by atoms with Gasteiger partial charge in [-0.15, -0.1) is 11.3 Å². The van der Waals surface area contributed by atoms with Crippen molar-refractivity contribution in [3.8, 4) is 0 Å². The topological polar surface area (TPSA) is 20.2 Å². The minimum absolute atomic E-state index is 0.220. The van der Waals surface area contributed by atoms with E-state index in [1.807, 2.05) is 0 Å². The molecule has 2 rings (SSSR count). The minimum Gasteiger partial charge on any atom is -0.388 e. The summed E-state index contributed by atoms with van der Waals surface area (Å²) in [7, 11) is 0. The fourth-order valence-electron chi connectivity index (χ4n) is 2.80. The van der Waals surface area contributed by atoms with Crippen LogP contribution in [0.3, 0.4) is 0 Å². The van der Waals surface area contributed by atoms with Crippen LogP contribution in [0.1, 0.15) is 55.6 Å². The summed E-state index contributed by atoms with van der Waals surface area (Å²) in [5.41, 5.74) is 1.14. The standard InChI is InChI=1S/C14H22OS/c1-3-11-4-6-12(7-5-11)14(15)13-8-10(2)16-9-13/h8-9,11-12,14-15H,3-7H2,1-2H3. The molecule has 0 bridgehead atoms. The Balaban J connectivity index is 1.93. The average Bonchev–Trinajstić information content (AvgIpc) is 2.75. The van der Waals surface area contributed by atoms with Crippen LogP contribution in [0.15, 0.2) is 11.4 Å². The van der Waals surface area contributed by atoms with Gasteiger partial charge in [-0.1, -0.05) is 26.2 Å². The van der Waals surface area contributed by atoms with Gasteiger partial charge in [0, 0.05) is 4.88 Å². The molecule has 1 aromatic heterocycles. The molecule has 2 heteroatoms. The molecule has 0 radical (unpaired) electrons. The van der Waals surface area contributed by atoms with Gasteiger partial charge in [0.15, 0.2) is 0 Å². The fraction of sp³-hybridized carbons (Fsp3) is 0.714. The van der Waals surface area contributed by atoms with Gasteiger partial charge in [0.25, 0.3) is 0 Å². The summed E-state index contributed by atoms with van der Waals surface area (Å²) in [5, 5.41) is 12.4. The van der Waals surface area contributed by atoms with Crippen molar-refractivity contribution >= 4 is 11.3 Å². The molecule has 90 valence electrons. The molecular weight excluding hydrogens is 216 g/mol. The Labute approximate surface area is 103 Å². The van der Waals surface area contributed by atoms with Gasteiger partial charge in [-0.3, -0.25) is 0 Å². The molecule has 1 heterocycles. The number of aryl methyl sites for hydroxylation is 1. The first-order valence-electron chi connectivity index (χ1n) is 6.43. The van der Waals surface area contributed by atoms with Gasteiger partial charge >= 0.3 is 0 Å². The summed E-state index contributed by atoms with van der Waals surface area (Å²) in [6.07, 6.45) is 6.11. The van der Waals surface area contributed by atoms with Crippen LogP contribution in [0, 0.1) is 18.8 Å². The van der Waals surface area contributed by atoms with E-state index in [0.29, 0.717) is 5.92 Å². The molecule has 1 unspecified atom stereocenters. The van der Waals surface area contributed by atoms with E-state index in [9.17, 15) is 5.11 Å². The van der Waals surface area contributed by atoms with Gasteiger partial charge < -0.3 is 5.11 Å². The normalized spacial score (nSPS) is 27.9. The van der Waals surface area contributed by atoms with Crippen LogP contribution in [0.5, 0.6) is 0 Å². The third-order valence-corrected chi connectivity index (χ3v) is 4.89. The maximum atomic E-state index is 10.3. The molecule has 0 saturated heterocycles. The van der Waals surface area contributed by atoms with E-state index in [0.717, 1.165) is 11.5 Å². The van der Waals surface area contributed by atoms with Gasteiger partial charge in [0.1, 0.15) is 0 Å². The van der Waals surface area contributed by atoms with E-state index < -0.39 is 0 Å². The Morgan fingerprint density at radius 3 is 2.56 bits per heavy atom. The third-order valence-electron chi connectivity index (χ3n) is 4.01. The molecule has 1 saturated carbocycles. The zero-order chi connectivity index (χ0) is 11.5.